The first-order valence-electron chi connectivity index (χ1n) is 10.6. The highest BCUT2D eigenvalue weighted by molar-refractivity contribution is 6.31. The Morgan fingerprint density at radius 2 is 1.97 bits per heavy atom. The molecule has 2 aromatic rings. The van der Waals surface area contributed by atoms with Gasteiger partial charge in [-0.3, -0.25) is 20.1 Å². The SMILES string of the molecule is Cc1cnc(NC(=O)Nc2cc(Cl)ccc2OCCCNC(=O)C(N)CCCN=C(N)N)cn1. The Morgan fingerprint density at radius 1 is 1.18 bits per heavy atom. The number of aliphatic imine (C=N–C) groups is 1. The molecular formula is C21H30ClN9O3. The molecule has 0 aliphatic heterocycles. The summed E-state index contributed by atoms with van der Waals surface area (Å²) in [6.45, 7) is 2.89. The molecular weight excluding hydrogens is 462 g/mol. The summed E-state index contributed by atoms with van der Waals surface area (Å²) >= 11 is 6.06. The summed E-state index contributed by atoms with van der Waals surface area (Å²) in [5.74, 6) is 0.489. The number of nitrogens with two attached hydrogens (primary N) is 3. The number of urea groups is 1. The normalized spacial score (nSPS) is 11.3. The summed E-state index contributed by atoms with van der Waals surface area (Å²) in [6, 6.07) is 3.70. The molecule has 184 valence electrons. The van der Waals surface area contributed by atoms with Crippen LogP contribution in [0.25, 0.3) is 0 Å². The van der Waals surface area contributed by atoms with E-state index in [1.807, 2.05) is 0 Å². The van der Waals surface area contributed by atoms with Gasteiger partial charge in [-0.15, -0.1) is 0 Å². The number of aryl methyl sites for hydroxylation is 1. The van der Waals surface area contributed by atoms with Crippen LogP contribution >= 0.6 is 11.6 Å². The van der Waals surface area contributed by atoms with Crippen molar-refractivity contribution in [3.63, 3.8) is 0 Å². The zero-order valence-corrected chi connectivity index (χ0v) is 19.6. The standard InChI is InChI=1S/C21H30ClN9O3/c1-13-11-29-18(12-28-13)31-21(33)30-16-10-14(22)5-6-17(16)34-9-3-8-26-19(32)15(23)4-2-7-27-20(24)25/h5-6,10-12,15H,2-4,7-9,23H2,1H3,(H,26,32)(H4,24,25,27)(H2,29,30,31,33). The molecule has 1 atom stereocenters. The number of carbonyl (C=O) groups excluding carboxylic acids is 2. The molecule has 34 heavy (non-hydrogen) atoms. The Labute approximate surface area is 202 Å². The molecule has 12 nitrogen and oxygen atoms in total. The lowest BCUT2D eigenvalue weighted by Crippen LogP contribution is -2.41. The van der Waals surface area contributed by atoms with Gasteiger partial charge in [-0.05, 0) is 44.4 Å². The minimum Gasteiger partial charge on any atom is -0.491 e. The van der Waals surface area contributed by atoms with Crippen molar-refractivity contribution in [3.8, 4) is 5.75 Å². The van der Waals surface area contributed by atoms with Crippen LogP contribution in [0.5, 0.6) is 5.75 Å². The van der Waals surface area contributed by atoms with E-state index < -0.39 is 12.1 Å². The van der Waals surface area contributed by atoms with E-state index in [1.165, 1.54) is 6.20 Å². The van der Waals surface area contributed by atoms with Crippen LogP contribution in [0.1, 0.15) is 25.0 Å². The summed E-state index contributed by atoms with van der Waals surface area (Å²) in [5, 5.41) is 8.46. The molecule has 0 spiro atoms. The molecule has 0 fully saturated rings. The van der Waals surface area contributed by atoms with Gasteiger partial charge >= 0.3 is 6.03 Å². The van der Waals surface area contributed by atoms with Crippen LogP contribution in [0.3, 0.4) is 0 Å². The third kappa shape index (κ3) is 9.88. The molecule has 9 N–H and O–H groups in total. The fourth-order valence-electron chi connectivity index (χ4n) is 2.70. The number of ether oxygens (including phenoxy) is 1. The number of aromatic nitrogens is 2. The average molecular weight is 492 g/mol. The highest BCUT2D eigenvalue weighted by Gasteiger charge is 2.13. The summed E-state index contributed by atoms with van der Waals surface area (Å²) in [4.78, 5) is 36.3. The van der Waals surface area contributed by atoms with Gasteiger partial charge in [-0.25, -0.2) is 9.78 Å². The first kappa shape index (κ1) is 26.6. The number of carbonyl (C=O) groups is 2. The highest BCUT2D eigenvalue weighted by Crippen LogP contribution is 2.28. The van der Waals surface area contributed by atoms with Crippen molar-refractivity contribution >= 4 is 41.0 Å². The largest absolute Gasteiger partial charge is 0.491 e. The Bertz CT molecular complexity index is 982. The maximum Gasteiger partial charge on any atom is 0.325 e. The van der Waals surface area contributed by atoms with E-state index in [1.54, 1.807) is 31.3 Å². The van der Waals surface area contributed by atoms with Crippen molar-refractivity contribution in [3.05, 3.63) is 41.3 Å². The second-order valence-corrected chi connectivity index (χ2v) is 7.75. The van der Waals surface area contributed by atoms with E-state index in [-0.39, 0.29) is 11.9 Å². The van der Waals surface area contributed by atoms with Gasteiger partial charge in [-0.2, -0.15) is 0 Å². The summed E-state index contributed by atoms with van der Waals surface area (Å²) < 4.78 is 5.75. The Hall–Kier alpha value is -3.64. The maximum atomic E-state index is 12.3. The molecule has 1 aromatic heterocycles. The van der Waals surface area contributed by atoms with Crippen LogP contribution in [0.15, 0.2) is 35.6 Å². The number of halogens is 1. The van der Waals surface area contributed by atoms with Gasteiger partial charge in [0.05, 0.1) is 36.4 Å². The fourth-order valence-corrected chi connectivity index (χ4v) is 2.87. The van der Waals surface area contributed by atoms with Crippen LogP contribution in [0, 0.1) is 6.92 Å². The third-order valence-corrected chi connectivity index (χ3v) is 4.63. The monoisotopic (exact) mass is 491 g/mol. The topological polar surface area (TPSA) is 196 Å². The van der Waals surface area contributed by atoms with Crippen LogP contribution in [-0.2, 0) is 4.79 Å². The minimum absolute atomic E-state index is 0.0123. The van der Waals surface area contributed by atoms with Gasteiger partial charge in [0.15, 0.2) is 11.8 Å². The van der Waals surface area contributed by atoms with Crippen molar-refractivity contribution in [1.82, 2.24) is 15.3 Å². The van der Waals surface area contributed by atoms with E-state index in [9.17, 15) is 9.59 Å². The first-order valence-corrected chi connectivity index (χ1v) is 11.0. The molecule has 0 aliphatic carbocycles. The minimum atomic E-state index is -0.640. The lowest BCUT2D eigenvalue weighted by Gasteiger charge is -2.14. The molecule has 3 amide bonds. The van der Waals surface area contributed by atoms with E-state index in [0.29, 0.717) is 61.2 Å². The number of rotatable bonds is 12. The van der Waals surface area contributed by atoms with Crippen molar-refractivity contribution in [2.75, 3.05) is 30.3 Å². The predicted molar refractivity (Wildman–Crippen MR) is 132 cm³/mol. The number of amides is 3. The fraction of sp³-hybridized carbons (Fsp3) is 0.381. The van der Waals surface area contributed by atoms with Crippen LogP contribution in [0.2, 0.25) is 5.02 Å². The van der Waals surface area contributed by atoms with Gasteiger partial charge in [-0.1, -0.05) is 11.6 Å². The lowest BCUT2D eigenvalue weighted by atomic mass is 10.1. The molecule has 1 unspecified atom stereocenters. The van der Waals surface area contributed by atoms with E-state index in [2.05, 4.69) is 30.9 Å². The average Bonchev–Trinajstić information content (AvgIpc) is 2.78. The van der Waals surface area contributed by atoms with Gasteiger partial charge in [0.1, 0.15) is 5.75 Å². The summed E-state index contributed by atoms with van der Waals surface area (Å²) in [7, 11) is 0. The van der Waals surface area contributed by atoms with Gasteiger partial charge in [0.25, 0.3) is 0 Å². The van der Waals surface area contributed by atoms with E-state index >= 15 is 0 Å². The number of hydrogen-bond donors (Lipinski definition) is 6. The number of nitrogens with one attached hydrogen (secondary N) is 3. The molecule has 0 radical (unpaired) electrons. The molecule has 0 saturated heterocycles. The molecule has 2 rings (SSSR count). The Kier molecular flexibility index (Phi) is 10.8. The molecule has 1 aromatic carbocycles. The van der Waals surface area contributed by atoms with Crippen LogP contribution in [-0.4, -0.2) is 53.6 Å². The lowest BCUT2D eigenvalue weighted by molar-refractivity contribution is -0.122. The predicted octanol–water partition coefficient (Wildman–Crippen LogP) is 1.35. The van der Waals surface area contributed by atoms with Gasteiger partial charge in [0.2, 0.25) is 5.91 Å². The zero-order chi connectivity index (χ0) is 24.9. The number of hydrogen-bond acceptors (Lipinski definition) is 7. The number of nitrogens with zero attached hydrogens (tertiary/aromatic N) is 3. The van der Waals surface area contributed by atoms with Crippen molar-refractivity contribution < 1.29 is 14.3 Å². The van der Waals surface area contributed by atoms with Crippen molar-refractivity contribution in [2.24, 2.45) is 22.2 Å². The second-order valence-electron chi connectivity index (χ2n) is 7.31. The number of benzene rings is 1. The zero-order valence-electron chi connectivity index (χ0n) is 18.9. The van der Waals surface area contributed by atoms with E-state index in [0.717, 1.165) is 5.69 Å². The summed E-state index contributed by atoms with van der Waals surface area (Å²) in [5.41, 5.74) is 17.5. The Morgan fingerprint density at radius 3 is 2.68 bits per heavy atom. The van der Waals surface area contributed by atoms with Gasteiger partial charge < -0.3 is 32.6 Å². The summed E-state index contributed by atoms with van der Waals surface area (Å²) in [6.07, 6.45) is 4.59. The van der Waals surface area contributed by atoms with Crippen molar-refractivity contribution in [2.45, 2.75) is 32.2 Å². The molecule has 0 saturated carbocycles. The highest BCUT2D eigenvalue weighted by atomic mass is 35.5. The van der Waals surface area contributed by atoms with Crippen molar-refractivity contribution in [1.29, 1.82) is 0 Å². The maximum absolute atomic E-state index is 12.3. The molecule has 0 bridgehead atoms. The first-order chi connectivity index (χ1) is 16.2. The van der Waals surface area contributed by atoms with E-state index in [4.69, 9.17) is 33.5 Å². The Balaban J connectivity index is 1.76. The third-order valence-electron chi connectivity index (χ3n) is 4.39. The number of guanidine groups is 1. The van der Waals surface area contributed by atoms with Crippen LogP contribution < -0.4 is 37.9 Å². The van der Waals surface area contributed by atoms with Gasteiger partial charge in [0, 0.05) is 18.1 Å². The second kappa shape index (κ2) is 13.8. The smallest absolute Gasteiger partial charge is 0.325 e. The quantitative estimate of drug-likeness (QED) is 0.145. The molecule has 0 aliphatic rings. The molecule has 1 heterocycles. The number of anilines is 2. The molecule has 13 heteroatoms. The van der Waals surface area contributed by atoms with Crippen LogP contribution in [0.4, 0.5) is 16.3 Å².